The number of halogens is 1. The Morgan fingerprint density at radius 2 is 1.90 bits per heavy atom. The maximum absolute atomic E-state index is 13.2. The summed E-state index contributed by atoms with van der Waals surface area (Å²) in [5.74, 6) is 2.22. The third-order valence-corrected chi connectivity index (χ3v) is 3.88. The second-order valence-electron chi connectivity index (χ2n) is 5.35. The number of ether oxygens (including phenoxy) is 1. The van der Waals surface area contributed by atoms with E-state index in [-0.39, 0.29) is 17.5 Å². The van der Waals surface area contributed by atoms with Crippen molar-refractivity contribution in [1.29, 1.82) is 0 Å². The van der Waals surface area contributed by atoms with Gasteiger partial charge in [-0.2, -0.15) is 0 Å². The molecule has 2 aromatic carbocycles. The summed E-state index contributed by atoms with van der Waals surface area (Å²) >= 11 is 0. The smallest absolute Gasteiger partial charge is 0.124 e. The molecule has 3 rings (SSSR count). The summed E-state index contributed by atoms with van der Waals surface area (Å²) in [6.45, 7) is 4.08. The Kier molecular flexibility index (Phi) is 2.88. The van der Waals surface area contributed by atoms with Crippen molar-refractivity contribution >= 4 is 0 Å². The Balaban J connectivity index is 1.96. The lowest BCUT2D eigenvalue weighted by Crippen LogP contribution is -2.05. The largest absolute Gasteiger partial charge is 0.356 e. The van der Waals surface area contributed by atoms with E-state index in [1.165, 1.54) is 17.7 Å². The SMILES string of the molecule is C#Cc1cc(F)ccc1[C@@H]1O[C@@]1(C)c1ccc(C)cc1. The van der Waals surface area contributed by atoms with Gasteiger partial charge in [-0.25, -0.2) is 4.39 Å². The lowest BCUT2D eigenvalue weighted by molar-refractivity contribution is 0.313. The molecule has 0 bridgehead atoms. The number of epoxide rings is 1. The molecule has 0 aliphatic carbocycles. The number of terminal acetylenes is 1. The number of aryl methyl sites for hydroxylation is 1. The van der Waals surface area contributed by atoms with Crippen LogP contribution in [0.25, 0.3) is 0 Å². The normalized spacial score (nSPS) is 24.2. The standard InChI is InChI=1S/C18H15FO/c1-4-13-11-15(19)9-10-16(13)17-18(3,20-17)14-7-5-12(2)6-8-14/h1,5-11,17H,2-3H3/t17-,18-/m0/s1. The molecule has 0 amide bonds. The fourth-order valence-electron chi connectivity index (χ4n) is 2.56. The number of hydrogen-bond acceptors (Lipinski definition) is 1. The van der Waals surface area contributed by atoms with Gasteiger partial charge in [-0.05, 0) is 37.1 Å². The van der Waals surface area contributed by atoms with Crippen molar-refractivity contribution in [2.75, 3.05) is 0 Å². The van der Waals surface area contributed by atoms with Crippen molar-refractivity contribution in [3.05, 3.63) is 70.5 Å². The fraction of sp³-hybridized carbons (Fsp3) is 0.222. The summed E-state index contributed by atoms with van der Waals surface area (Å²) in [7, 11) is 0. The quantitative estimate of drug-likeness (QED) is 0.589. The molecule has 2 aromatic rings. The van der Waals surface area contributed by atoms with Crippen LogP contribution in [0, 0.1) is 25.1 Å². The van der Waals surface area contributed by atoms with E-state index in [2.05, 4.69) is 30.2 Å². The maximum Gasteiger partial charge on any atom is 0.124 e. The van der Waals surface area contributed by atoms with E-state index in [1.54, 1.807) is 6.07 Å². The number of benzene rings is 2. The van der Waals surface area contributed by atoms with Crippen LogP contribution in [-0.4, -0.2) is 0 Å². The molecule has 0 N–H and O–H groups in total. The Bertz CT molecular complexity index is 696. The zero-order valence-corrected chi connectivity index (χ0v) is 11.5. The summed E-state index contributed by atoms with van der Waals surface area (Å²) in [4.78, 5) is 0. The van der Waals surface area contributed by atoms with Crippen molar-refractivity contribution in [2.45, 2.75) is 25.6 Å². The van der Waals surface area contributed by atoms with E-state index in [9.17, 15) is 4.39 Å². The topological polar surface area (TPSA) is 12.5 Å². The summed E-state index contributed by atoms with van der Waals surface area (Å²) in [5, 5.41) is 0. The molecule has 2 atom stereocenters. The third-order valence-electron chi connectivity index (χ3n) is 3.88. The van der Waals surface area contributed by atoms with Gasteiger partial charge in [-0.15, -0.1) is 6.42 Å². The van der Waals surface area contributed by atoms with Crippen LogP contribution in [0.1, 0.15) is 35.3 Å². The van der Waals surface area contributed by atoms with Crippen molar-refractivity contribution in [1.82, 2.24) is 0 Å². The first-order chi connectivity index (χ1) is 9.54. The average Bonchev–Trinajstić information content (AvgIpc) is 3.12. The van der Waals surface area contributed by atoms with E-state index < -0.39 is 0 Å². The zero-order valence-electron chi connectivity index (χ0n) is 11.5. The first kappa shape index (κ1) is 12.9. The Morgan fingerprint density at radius 1 is 1.20 bits per heavy atom. The summed E-state index contributed by atoms with van der Waals surface area (Å²) in [6.07, 6.45) is 5.35. The summed E-state index contributed by atoms with van der Waals surface area (Å²) in [5.41, 5.74) is 3.38. The van der Waals surface area contributed by atoms with Crippen LogP contribution in [0.15, 0.2) is 42.5 Å². The van der Waals surface area contributed by atoms with Crippen molar-refractivity contribution < 1.29 is 9.13 Å². The Labute approximate surface area is 118 Å². The molecule has 2 heteroatoms. The van der Waals surface area contributed by atoms with Crippen molar-refractivity contribution in [3.8, 4) is 12.3 Å². The minimum atomic E-state index is -0.378. The monoisotopic (exact) mass is 266 g/mol. The molecule has 1 saturated heterocycles. The van der Waals surface area contributed by atoms with Crippen LogP contribution in [-0.2, 0) is 10.3 Å². The van der Waals surface area contributed by atoms with Gasteiger partial charge < -0.3 is 4.74 Å². The van der Waals surface area contributed by atoms with Crippen LogP contribution in [0.3, 0.4) is 0 Å². The van der Waals surface area contributed by atoms with Gasteiger partial charge in [0, 0.05) is 5.56 Å². The van der Waals surface area contributed by atoms with Gasteiger partial charge >= 0.3 is 0 Å². The first-order valence-corrected chi connectivity index (χ1v) is 6.55. The first-order valence-electron chi connectivity index (χ1n) is 6.55. The molecule has 100 valence electrons. The highest BCUT2D eigenvalue weighted by molar-refractivity contribution is 5.46. The molecule has 0 unspecified atom stereocenters. The summed E-state index contributed by atoms with van der Waals surface area (Å²) in [6, 6.07) is 12.8. The van der Waals surface area contributed by atoms with E-state index in [0.29, 0.717) is 5.56 Å². The molecule has 1 fully saturated rings. The van der Waals surface area contributed by atoms with Crippen LogP contribution >= 0.6 is 0 Å². The van der Waals surface area contributed by atoms with Gasteiger partial charge in [0.15, 0.2) is 0 Å². The van der Waals surface area contributed by atoms with E-state index in [1.807, 2.05) is 13.8 Å². The van der Waals surface area contributed by atoms with Gasteiger partial charge in [-0.1, -0.05) is 41.8 Å². The van der Waals surface area contributed by atoms with Crippen molar-refractivity contribution in [3.63, 3.8) is 0 Å². The molecule has 0 aromatic heterocycles. The minimum absolute atomic E-state index is 0.114. The van der Waals surface area contributed by atoms with Crippen LogP contribution in [0.5, 0.6) is 0 Å². The molecule has 0 saturated carbocycles. The minimum Gasteiger partial charge on any atom is -0.356 e. The Hall–Kier alpha value is -2.11. The molecule has 1 aliphatic heterocycles. The highest BCUT2D eigenvalue weighted by atomic mass is 19.1. The van der Waals surface area contributed by atoms with Gasteiger partial charge in [0.05, 0.1) is 0 Å². The molecule has 1 nitrogen and oxygen atoms in total. The van der Waals surface area contributed by atoms with Gasteiger partial charge in [0.2, 0.25) is 0 Å². The van der Waals surface area contributed by atoms with Gasteiger partial charge in [0.25, 0.3) is 0 Å². The molecule has 1 heterocycles. The number of hydrogen-bond donors (Lipinski definition) is 0. The van der Waals surface area contributed by atoms with E-state index >= 15 is 0 Å². The summed E-state index contributed by atoms with van der Waals surface area (Å²) < 4.78 is 19.1. The molecule has 0 spiro atoms. The van der Waals surface area contributed by atoms with Crippen LogP contribution < -0.4 is 0 Å². The van der Waals surface area contributed by atoms with E-state index in [4.69, 9.17) is 11.2 Å². The zero-order chi connectivity index (χ0) is 14.3. The molecule has 0 radical (unpaired) electrons. The highest BCUT2D eigenvalue weighted by Crippen LogP contribution is 2.57. The second kappa shape index (κ2) is 4.47. The second-order valence-corrected chi connectivity index (χ2v) is 5.35. The lowest BCUT2D eigenvalue weighted by atomic mass is 9.91. The van der Waals surface area contributed by atoms with Gasteiger partial charge in [-0.3, -0.25) is 0 Å². The predicted octanol–water partition coefficient (Wildman–Crippen LogP) is 4.10. The van der Waals surface area contributed by atoms with Crippen LogP contribution in [0.4, 0.5) is 4.39 Å². The Morgan fingerprint density at radius 3 is 2.55 bits per heavy atom. The molecule has 1 aliphatic rings. The predicted molar refractivity (Wildman–Crippen MR) is 76.7 cm³/mol. The maximum atomic E-state index is 13.2. The van der Waals surface area contributed by atoms with Crippen molar-refractivity contribution in [2.24, 2.45) is 0 Å². The van der Waals surface area contributed by atoms with Gasteiger partial charge in [0.1, 0.15) is 17.5 Å². The molecule has 20 heavy (non-hydrogen) atoms. The number of rotatable bonds is 2. The van der Waals surface area contributed by atoms with E-state index in [0.717, 1.165) is 11.1 Å². The third kappa shape index (κ3) is 2.01. The molecular weight excluding hydrogens is 251 g/mol. The lowest BCUT2D eigenvalue weighted by Gasteiger charge is -2.08. The highest BCUT2D eigenvalue weighted by Gasteiger charge is 2.55. The average molecular weight is 266 g/mol. The molecular formula is C18H15FO. The van der Waals surface area contributed by atoms with Crippen LogP contribution in [0.2, 0.25) is 0 Å². The fourth-order valence-corrected chi connectivity index (χ4v) is 2.56.